The van der Waals surface area contributed by atoms with Crippen molar-refractivity contribution in [1.29, 1.82) is 0 Å². The molecule has 0 atom stereocenters. The van der Waals surface area contributed by atoms with E-state index >= 15 is 0 Å². The summed E-state index contributed by atoms with van der Waals surface area (Å²) in [6.45, 7) is 2.09. The molecule has 5 nitrogen and oxygen atoms in total. The molecule has 3 N–H and O–H groups in total. The minimum absolute atomic E-state index is 0.192. The van der Waals surface area contributed by atoms with E-state index in [9.17, 15) is 4.79 Å². The molecular formula is C15H14N2O3. The number of nitrogens with two attached hydrogens (primary N) is 1. The van der Waals surface area contributed by atoms with Crippen LogP contribution in [-0.4, -0.2) is 12.7 Å². The number of benzene rings is 2. The molecule has 0 bridgehead atoms. The van der Waals surface area contributed by atoms with Gasteiger partial charge in [0, 0.05) is 16.9 Å². The van der Waals surface area contributed by atoms with Gasteiger partial charge in [0.2, 0.25) is 6.79 Å². The van der Waals surface area contributed by atoms with Crippen molar-refractivity contribution in [2.75, 3.05) is 17.8 Å². The van der Waals surface area contributed by atoms with Gasteiger partial charge in [-0.2, -0.15) is 0 Å². The average molecular weight is 270 g/mol. The summed E-state index contributed by atoms with van der Waals surface area (Å²) < 4.78 is 10.5. The average Bonchev–Trinajstić information content (AvgIpc) is 2.89. The van der Waals surface area contributed by atoms with E-state index in [1.165, 1.54) is 0 Å². The second-order valence-corrected chi connectivity index (χ2v) is 4.60. The van der Waals surface area contributed by atoms with Crippen LogP contribution in [0, 0.1) is 6.92 Å². The van der Waals surface area contributed by atoms with Crippen LogP contribution in [0.4, 0.5) is 11.4 Å². The first-order chi connectivity index (χ1) is 9.63. The Morgan fingerprint density at radius 3 is 2.75 bits per heavy atom. The fourth-order valence-electron chi connectivity index (χ4n) is 2.06. The van der Waals surface area contributed by atoms with Gasteiger partial charge < -0.3 is 20.5 Å². The third kappa shape index (κ3) is 2.25. The van der Waals surface area contributed by atoms with Crippen molar-refractivity contribution in [3.63, 3.8) is 0 Å². The lowest BCUT2D eigenvalue weighted by molar-refractivity contribution is 0.102. The van der Waals surface area contributed by atoms with Crippen molar-refractivity contribution in [3.8, 4) is 11.5 Å². The van der Waals surface area contributed by atoms with Crippen LogP contribution < -0.4 is 20.5 Å². The Morgan fingerprint density at radius 1 is 1.15 bits per heavy atom. The van der Waals surface area contributed by atoms with Gasteiger partial charge in [0.1, 0.15) is 0 Å². The first kappa shape index (κ1) is 12.3. The van der Waals surface area contributed by atoms with Crippen molar-refractivity contribution in [2.24, 2.45) is 0 Å². The normalized spacial score (nSPS) is 12.2. The van der Waals surface area contributed by atoms with E-state index in [4.69, 9.17) is 15.2 Å². The number of carbonyl (C=O) groups is 1. The molecule has 5 heteroatoms. The summed E-state index contributed by atoms with van der Waals surface area (Å²) in [5.74, 6) is 1.05. The molecule has 2 aromatic rings. The van der Waals surface area contributed by atoms with Gasteiger partial charge in [-0.05, 0) is 48.9 Å². The molecule has 102 valence electrons. The predicted molar refractivity (Wildman–Crippen MR) is 76.1 cm³/mol. The molecule has 0 radical (unpaired) electrons. The van der Waals surface area contributed by atoms with Crippen LogP contribution in [0.1, 0.15) is 15.9 Å². The first-order valence-electron chi connectivity index (χ1n) is 6.20. The highest BCUT2D eigenvalue weighted by Gasteiger charge is 2.16. The Bertz CT molecular complexity index is 683. The molecule has 0 spiro atoms. The zero-order valence-electron chi connectivity index (χ0n) is 11.0. The predicted octanol–water partition coefficient (Wildman–Crippen LogP) is 2.56. The van der Waals surface area contributed by atoms with Crippen LogP contribution >= 0.6 is 0 Å². The fourth-order valence-corrected chi connectivity index (χ4v) is 2.06. The van der Waals surface area contributed by atoms with Gasteiger partial charge in [0.15, 0.2) is 11.5 Å². The summed E-state index contributed by atoms with van der Waals surface area (Å²) in [5, 5.41) is 2.85. The molecule has 0 saturated heterocycles. The molecule has 1 amide bonds. The lowest BCUT2D eigenvalue weighted by Crippen LogP contribution is -2.12. The van der Waals surface area contributed by atoms with Crippen molar-refractivity contribution < 1.29 is 14.3 Å². The summed E-state index contributed by atoms with van der Waals surface area (Å²) in [7, 11) is 0. The quantitative estimate of drug-likeness (QED) is 0.822. The topological polar surface area (TPSA) is 73.6 Å². The fraction of sp³-hybridized carbons (Fsp3) is 0.133. The number of hydrogen-bond acceptors (Lipinski definition) is 4. The Hall–Kier alpha value is -2.69. The number of aryl methyl sites for hydroxylation is 1. The maximum atomic E-state index is 12.2. The van der Waals surface area contributed by atoms with Crippen molar-refractivity contribution in [2.45, 2.75) is 6.92 Å². The minimum atomic E-state index is -0.198. The van der Waals surface area contributed by atoms with Crippen LogP contribution in [0.5, 0.6) is 11.5 Å². The van der Waals surface area contributed by atoms with E-state index in [0.29, 0.717) is 22.7 Å². The van der Waals surface area contributed by atoms with E-state index in [1.54, 1.807) is 30.3 Å². The standard InChI is InChI=1S/C15H14N2O3/c1-9-6-11(16)3-4-12(9)17-15(18)10-2-5-13-14(7-10)20-8-19-13/h2-7H,8,16H2,1H3,(H,17,18). The molecule has 1 aliphatic rings. The highest BCUT2D eigenvalue weighted by molar-refractivity contribution is 6.05. The maximum absolute atomic E-state index is 12.2. The van der Waals surface area contributed by atoms with Crippen LogP contribution in [-0.2, 0) is 0 Å². The number of hydrogen-bond donors (Lipinski definition) is 2. The van der Waals surface area contributed by atoms with Gasteiger partial charge in [-0.3, -0.25) is 4.79 Å². The number of rotatable bonds is 2. The van der Waals surface area contributed by atoms with E-state index < -0.39 is 0 Å². The SMILES string of the molecule is Cc1cc(N)ccc1NC(=O)c1ccc2c(c1)OCO2. The molecular weight excluding hydrogens is 256 g/mol. The minimum Gasteiger partial charge on any atom is -0.454 e. The summed E-state index contributed by atoms with van der Waals surface area (Å²) >= 11 is 0. The second kappa shape index (κ2) is 4.77. The third-order valence-electron chi connectivity index (χ3n) is 3.13. The zero-order chi connectivity index (χ0) is 14.1. The van der Waals surface area contributed by atoms with E-state index in [0.717, 1.165) is 11.3 Å². The van der Waals surface area contributed by atoms with Crippen molar-refractivity contribution in [1.82, 2.24) is 0 Å². The lowest BCUT2D eigenvalue weighted by atomic mass is 10.1. The number of ether oxygens (including phenoxy) is 2. The number of nitrogens with one attached hydrogen (secondary N) is 1. The van der Waals surface area contributed by atoms with Crippen LogP contribution in [0.3, 0.4) is 0 Å². The van der Waals surface area contributed by atoms with Crippen molar-refractivity contribution in [3.05, 3.63) is 47.5 Å². The smallest absolute Gasteiger partial charge is 0.255 e. The van der Waals surface area contributed by atoms with Crippen molar-refractivity contribution >= 4 is 17.3 Å². The van der Waals surface area contributed by atoms with Crippen LogP contribution in [0.2, 0.25) is 0 Å². The van der Waals surface area contributed by atoms with Crippen LogP contribution in [0.15, 0.2) is 36.4 Å². The summed E-state index contributed by atoms with van der Waals surface area (Å²) in [6.07, 6.45) is 0. The molecule has 1 heterocycles. The lowest BCUT2D eigenvalue weighted by Gasteiger charge is -2.09. The Labute approximate surface area is 116 Å². The number of carbonyl (C=O) groups excluding carboxylic acids is 1. The molecule has 0 saturated carbocycles. The molecule has 0 fully saturated rings. The summed E-state index contributed by atoms with van der Waals surface area (Å²) in [5.41, 5.74) is 8.53. The summed E-state index contributed by atoms with van der Waals surface area (Å²) in [4.78, 5) is 12.2. The molecule has 0 unspecified atom stereocenters. The van der Waals surface area contributed by atoms with Gasteiger partial charge in [-0.15, -0.1) is 0 Å². The van der Waals surface area contributed by atoms with Gasteiger partial charge in [0.05, 0.1) is 0 Å². The highest BCUT2D eigenvalue weighted by Crippen LogP contribution is 2.32. The molecule has 20 heavy (non-hydrogen) atoms. The second-order valence-electron chi connectivity index (χ2n) is 4.60. The number of fused-ring (bicyclic) bond motifs is 1. The van der Waals surface area contributed by atoms with Crippen LogP contribution in [0.25, 0.3) is 0 Å². The number of anilines is 2. The van der Waals surface area contributed by atoms with Gasteiger partial charge >= 0.3 is 0 Å². The number of nitrogen functional groups attached to an aromatic ring is 1. The molecule has 3 rings (SSSR count). The van der Waals surface area contributed by atoms with E-state index in [1.807, 2.05) is 13.0 Å². The van der Waals surface area contributed by atoms with E-state index in [2.05, 4.69) is 5.32 Å². The van der Waals surface area contributed by atoms with E-state index in [-0.39, 0.29) is 12.7 Å². The third-order valence-corrected chi connectivity index (χ3v) is 3.13. The van der Waals surface area contributed by atoms with Gasteiger partial charge in [-0.1, -0.05) is 0 Å². The maximum Gasteiger partial charge on any atom is 0.255 e. The monoisotopic (exact) mass is 270 g/mol. The Kier molecular flexibility index (Phi) is 2.95. The Morgan fingerprint density at radius 2 is 1.95 bits per heavy atom. The largest absolute Gasteiger partial charge is 0.454 e. The highest BCUT2D eigenvalue weighted by atomic mass is 16.7. The molecule has 0 aromatic heterocycles. The zero-order valence-corrected chi connectivity index (χ0v) is 11.0. The number of amides is 1. The molecule has 2 aromatic carbocycles. The first-order valence-corrected chi connectivity index (χ1v) is 6.20. The summed E-state index contributed by atoms with van der Waals surface area (Å²) in [6, 6.07) is 10.5. The van der Waals surface area contributed by atoms with Gasteiger partial charge in [0.25, 0.3) is 5.91 Å². The molecule has 1 aliphatic heterocycles. The van der Waals surface area contributed by atoms with Gasteiger partial charge in [-0.25, -0.2) is 0 Å². The Balaban J connectivity index is 1.82. The molecule has 0 aliphatic carbocycles.